The van der Waals surface area contributed by atoms with E-state index in [1.807, 2.05) is 44.2 Å². The molecule has 0 aromatic heterocycles. The second kappa shape index (κ2) is 8.57. The zero-order valence-corrected chi connectivity index (χ0v) is 12.2. The number of carbonyl (C=O) groups is 1. The first-order valence-electron chi connectivity index (χ1n) is 7.15. The number of amides is 1. The van der Waals surface area contributed by atoms with E-state index in [0.717, 1.165) is 18.4 Å². The van der Waals surface area contributed by atoms with E-state index >= 15 is 0 Å². The van der Waals surface area contributed by atoms with Crippen molar-refractivity contribution in [2.75, 3.05) is 0 Å². The highest BCUT2D eigenvalue weighted by Gasteiger charge is 2.13. The Bertz CT molecular complexity index is 364. The third kappa shape index (κ3) is 6.27. The van der Waals surface area contributed by atoms with Gasteiger partial charge in [-0.1, -0.05) is 56.5 Å². The quantitative estimate of drug-likeness (QED) is 0.738. The van der Waals surface area contributed by atoms with Crippen LogP contribution in [0, 0.1) is 0 Å². The number of hydrogen-bond acceptors (Lipinski definition) is 2. The zero-order chi connectivity index (χ0) is 14.1. The summed E-state index contributed by atoms with van der Waals surface area (Å²) in [7, 11) is 0. The summed E-state index contributed by atoms with van der Waals surface area (Å²) in [4.78, 5) is 11.7. The maximum absolute atomic E-state index is 11.7. The third-order valence-electron chi connectivity index (χ3n) is 3.16. The normalized spacial score (nSPS) is 13.6. The van der Waals surface area contributed by atoms with Crippen LogP contribution in [0.2, 0.25) is 0 Å². The molecular formula is C16H25NO2. The summed E-state index contributed by atoms with van der Waals surface area (Å²) < 4.78 is 5.36. The van der Waals surface area contributed by atoms with Gasteiger partial charge in [0.2, 0.25) is 0 Å². The van der Waals surface area contributed by atoms with Crippen LogP contribution in [0.4, 0.5) is 4.79 Å². The number of benzene rings is 1. The molecule has 1 rings (SSSR count). The predicted octanol–water partition coefficient (Wildman–Crippen LogP) is 4.44. The van der Waals surface area contributed by atoms with Crippen molar-refractivity contribution in [3.8, 4) is 0 Å². The van der Waals surface area contributed by atoms with Crippen LogP contribution in [-0.2, 0) is 4.74 Å². The van der Waals surface area contributed by atoms with Crippen LogP contribution in [0.1, 0.15) is 58.1 Å². The minimum atomic E-state index is -0.333. The highest BCUT2D eigenvalue weighted by Crippen LogP contribution is 2.16. The minimum Gasteiger partial charge on any atom is -0.442 e. The van der Waals surface area contributed by atoms with Gasteiger partial charge in [0.1, 0.15) is 6.10 Å². The molecule has 0 unspecified atom stereocenters. The van der Waals surface area contributed by atoms with Crippen LogP contribution in [-0.4, -0.2) is 12.1 Å². The van der Waals surface area contributed by atoms with E-state index in [-0.39, 0.29) is 18.2 Å². The summed E-state index contributed by atoms with van der Waals surface area (Å²) in [6.45, 7) is 6.08. The first kappa shape index (κ1) is 15.5. The Morgan fingerprint density at radius 1 is 1.21 bits per heavy atom. The van der Waals surface area contributed by atoms with Crippen molar-refractivity contribution < 1.29 is 9.53 Å². The van der Waals surface area contributed by atoms with Gasteiger partial charge >= 0.3 is 6.09 Å². The van der Waals surface area contributed by atoms with E-state index in [9.17, 15) is 4.79 Å². The fraction of sp³-hybridized carbons (Fsp3) is 0.562. The second-order valence-electron chi connectivity index (χ2n) is 5.00. The number of alkyl carbamates (subject to hydrolysis) is 1. The van der Waals surface area contributed by atoms with Crippen molar-refractivity contribution >= 4 is 6.09 Å². The highest BCUT2D eigenvalue weighted by molar-refractivity contribution is 5.67. The molecule has 0 fully saturated rings. The van der Waals surface area contributed by atoms with Gasteiger partial charge in [0, 0.05) is 6.04 Å². The maximum atomic E-state index is 11.7. The van der Waals surface area contributed by atoms with Gasteiger partial charge in [0.15, 0.2) is 0 Å². The lowest BCUT2D eigenvalue weighted by Gasteiger charge is -2.17. The molecule has 0 bridgehead atoms. The van der Waals surface area contributed by atoms with Crippen molar-refractivity contribution in [3.05, 3.63) is 35.9 Å². The zero-order valence-electron chi connectivity index (χ0n) is 12.2. The average molecular weight is 263 g/mol. The van der Waals surface area contributed by atoms with E-state index in [0.29, 0.717) is 0 Å². The lowest BCUT2D eigenvalue weighted by atomic mass is 10.1. The van der Waals surface area contributed by atoms with Crippen molar-refractivity contribution in [1.82, 2.24) is 5.32 Å². The van der Waals surface area contributed by atoms with E-state index in [1.54, 1.807) is 0 Å². The molecule has 0 aliphatic carbocycles. The Balaban J connectivity index is 2.30. The number of nitrogens with one attached hydrogen (secondary N) is 1. The van der Waals surface area contributed by atoms with Crippen LogP contribution in [0.15, 0.2) is 30.3 Å². The lowest BCUT2D eigenvalue weighted by Crippen LogP contribution is -2.33. The van der Waals surface area contributed by atoms with Gasteiger partial charge in [-0.05, 0) is 25.8 Å². The molecule has 0 spiro atoms. The third-order valence-corrected chi connectivity index (χ3v) is 3.16. The Morgan fingerprint density at radius 3 is 2.53 bits per heavy atom. The smallest absolute Gasteiger partial charge is 0.407 e. The van der Waals surface area contributed by atoms with Crippen LogP contribution < -0.4 is 5.32 Å². The topological polar surface area (TPSA) is 38.3 Å². The van der Waals surface area contributed by atoms with Gasteiger partial charge in [0.05, 0.1) is 0 Å². The van der Waals surface area contributed by atoms with Crippen molar-refractivity contribution in [3.63, 3.8) is 0 Å². The SMILES string of the molecule is CCCCC[C@@H](C)NC(=O)O[C@@H](C)c1ccccc1. The van der Waals surface area contributed by atoms with Gasteiger partial charge in [0.25, 0.3) is 0 Å². The standard InChI is InChI=1S/C16H25NO2/c1-4-5-7-10-13(2)17-16(18)19-14(3)15-11-8-6-9-12-15/h6,8-9,11-14H,4-5,7,10H2,1-3H3,(H,17,18)/t13-,14+/m1/s1. The van der Waals surface area contributed by atoms with Gasteiger partial charge in [-0.3, -0.25) is 0 Å². The molecule has 106 valence electrons. The molecule has 0 aliphatic rings. The number of ether oxygens (including phenoxy) is 1. The summed E-state index contributed by atoms with van der Waals surface area (Å²) in [5.74, 6) is 0. The van der Waals surface area contributed by atoms with Gasteiger partial charge in [-0.15, -0.1) is 0 Å². The molecule has 1 aromatic rings. The lowest BCUT2D eigenvalue weighted by molar-refractivity contribution is 0.104. The number of rotatable bonds is 7. The number of hydrogen-bond donors (Lipinski definition) is 1. The Labute approximate surface area is 116 Å². The summed E-state index contributed by atoms with van der Waals surface area (Å²) in [5, 5.41) is 2.88. The first-order chi connectivity index (χ1) is 9.13. The molecule has 0 aliphatic heterocycles. The molecule has 0 heterocycles. The van der Waals surface area contributed by atoms with Crippen molar-refractivity contribution in [2.24, 2.45) is 0 Å². The molecule has 3 nitrogen and oxygen atoms in total. The average Bonchev–Trinajstić information content (AvgIpc) is 2.39. The molecule has 0 saturated carbocycles. The summed E-state index contributed by atoms with van der Waals surface area (Å²) >= 11 is 0. The first-order valence-corrected chi connectivity index (χ1v) is 7.15. The van der Waals surface area contributed by atoms with Gasteiger partial charge in [-0.2, -0.15) is 0 Å². The van der Waals surface area contributed by atoms with Crippen LogP contribution >= 0.6 is 0 Å². The van der Waals surface area contributed by atoms with Crippen molar-refractivity contribution in [2.45, 2.75) is 58.6 Å². The largest absolute Gasteiger partial charge is 0.442 e. The molecule has 0 saturated heterocycles. The van der Waals surface area contributed by atoms with Crippen LogP contribution in [0.5, 0.6) is 0 Å². The maximum Gasteiger partial charge on any atom is 0.407 e. The monoisotopic (exact) mass is 263 g/mol. The summed E-state index contributed by atoms with van der Waals surface area (Å²) in [6, 6.07) is 9.93. The van der Waals surface area contributed by atoms with E-state index in [1.165, 1.54) is 12.8 Å². The molecule has 1 amide bonds. The van der Waals surface area contributed by atoms with Crippen LogP contribution in [0.25, 0.3) is 0 Å². The Hall–Kier alpha value is -1.51. The summed E-state index contributed by atoms with van der Waals surface area (Å²) in [6.07, 6.45) is 4.00. The minimum absolute atomic E-state index is 0.169. The molecule has 3 heteroatoms. The van der Waals surface area contributed by atoms with E-state index in [4.69, 9.17) is 4.74 Å². The second-order valence-corrected chi connectivity index (χ2v) is 5.00. The highest BCUT2D eigenvalue weighted by atomic mass is 16.6. The van der Waals surface area contributed by atoms with Crippen LogP contribution in [0.3, 0.4) is 0 Å². The molecule has 2 atom stereocenters. The predicted molar refractivity (Wildman–Crippen MR) is 78.1 cm³/mol. The molecule has 19 heavy (non-hydrogen) atoms. The van der Waals surface area contributed by atoms with E-state index in [2.05, 4.69) is 12.2 Å². The number of carbonyl (C=O) groups excluding carboxylic acids is 1. The molecule has 0 radical (unpaired) electrons. The Kier molecular flexibility index (Phi) is 7.01. The fourth-order valence-electron chi connectivity index (χ4n) is 1.96. The molecular weight excluding hydrogens is 238 g/mol. The van der Waals surface area contributed by atoms with Gasteiger partial charge in [-0.25, -0.2) is 4.79 Å². The summed E-state index contributed by atoms with van der Waals surface area (Å²) in [5.41, 5.74) is 1.01. The Morgan fingerprint density at radius 2 is 1.89 bits per heavy atom. The van der Waals surface area contributed by atoms with Gasteiger partial charge < -0.3 is 10.1 Å². The molecule has 1 aromatic carbocycles. The van der Waals surface area contributed by atoms with Crippen molar-refractivity contribution in [1.29, 1.82) is 0 Å². The molecule has 1 N–H and O–H groups in total. The van der Waals surface area contributed by atoms with E-state index < -0.39 is 0 Å². The fourth-order valence-corrected chi connectivity index (χ4v) is 1.96. The number of unbranched alkanes of at least 4 members (excludes halogenated alkanes) is 2.